The molecule has 0 aromatic carbocycles. The van der Waals surface area contributed by atoms with E-state index in [9.17, 15) is 4.79 Å². The van der Waals surface area contributed by atoms with Gasteiger partial charge in [0, 0.05) is 12.5 Å². The molecule has 2 aliphatic rings. The fraction of sp³-hybridized carbons (Fsp3) is 0.750. The predicted octanol–water partition coefficient (Wildman–Crippen LogP) is 2.83. The van der Waals surface area contributed by atoms with E-state index in [1.807, 2.05) is 6.92 Å². The van der Waals surface area contributed by atoms with Crippen LogP contribution in [0.15, 0.2) is 11.6 Å². The van der Waals surface area contributed by atoms with E-state index < -0.39 is 0 Å². The molecule has 2 atom stereocenters. The van der Waals surface area contributed by atoms with Gasteiger partial charge in [-0.15, -0.1) is 0 Å². The Bertz CT molecular complexity index is 280. The quantitative estimate of drug-likeness (QED) is 0.554. The molecular weight excluding hydrogens is 176 g/mol. The highest BCUT2D eigenvalue weighted by atomic mass is 16.6. The van der Waals surface area contributed by atoms with Crippen molar-refractivity contribution in [3.8, 4) is 0 Å². The third-order valence-electron chi connectivity index (χ3n) is 3.63. The van der Waals surface area contributed by atoms with Crippen LogP contribution in [0.3, 0.4) is 0 Å². The first-order chi connectivity index (χ1) is 6.62. The van der Waals surface area contributed by atoms with Gasteiger partial charge in [0.1, 0.15) is 5.60 Å². The zero-order valence-electron chi connectivity index (χ0n) is 9.01. The molecule has 1 heterocycles. The standard InChI is InChI=1S/C12H18O2/c1-9-7-11(13)14-12(8-9)6-4-3-5-10(12)2/h7,10H,3-6,8H2,1-2H3. The largest absolute Gasteiger partial charge is 0.455 e. The van der Waals surface area contributed by atoms with Gasteiger partial charge in [-0.3, -0.25) is 0 Å². The van der Waals surface area contributed by atoms with Crippen LogP contribution in [-0.4, -0.2) is 11.6 Å². The van der Waals surface area contributed by atoms with Gasteiger partial charge < -0.3 is 4.74 Å². The summed E-state index contributed by atoms with van der Waals surface area (Å²) in [7, 11) is 0. The van der Waals surface area contributed by atoms with E-state index in [0.717, 1.165) is 12.8 Å². The summed E-state index contributed by atoms with van der Waals surface area (Å²) in [6, 6.07) is 0. The van der Waals surface area contributed by atoms with Crippen molar-refractivity contribution in [2.75, 3.05) is 0 Å². The van der Waals surface area contributed by atoms with Gasteiger partial charge in [-0.25, -0.2) is 4.79 Å². The Hall–Kier alpha value is -0.790. The van der Waals surface area contributed by atoms with Gasteiger partial charge in [0.05, 0.1) is 0 Å². The van der Waals surface area contributed by atoms with Gasteiger partial charge in [-0.05, 0) is 32.1 Å². The molecule has 0 radical (unpaired) electrons. The minimum atomic E-state index is -0.159. The summed E-state index contributed by atoms with van der Waals surface area (Å²) in [5.74, 6) is 0.381. The lowest BCUT2D eigenvalue weighted by Crippen LogP contribution is -2.45. The van der Waals surface area contributed by atoms with E-state index in [4.69, 9.17) is 4.74 Å². The second kappa shape index (κ2) is 3.41. The van der Waals surface area contributed by atoms with E-state index in [1.54, 1.807) is 6.08 Å². The van der Waals surface area contributed by atoms with Crippen molar-refractivity contribution in [2.24, 2.45) is 5.92 Å². The zero-order valence-corrected chi connectivity index (χ0v) is 9.01. The van der Waals surface area contributed by atoms with Crippen molar-refractivity contribution < 1.29 is 9.53 Å². The number of carbonyl (C=O) groups is 1. The fourth-order valence-corrected chi connectivity index (χ4v) is 2.79. The van der Waals surface area contributed by atoms with Crippen molar-refractivity contribution in [3.05, 3.63) is 11.6 Å². The van der Waals surface area contributed by atoms with E-state index >= 15 is 0 Å². The number of esters is 1. The lowest BCUT2D eigenvalue weighted by Gasteiger charge is -2.43. The zero-order chi connectivity index (χ0) is 10.2. The molecule has 2 unspecified atom stereocenters. The maximum atomic E-state index is 11.4. The van der Waals surface area contributed by atoms with Crippen molar-refractivity contribution in [3.63, 3.8) is 0 Å². The first-order valence-corrected chi connectivity index (χ1v) is 5.52. The van der Waals surface area contributed by atoms with Crippen LogP contribution in [0.25, 0.3) is 0 Å². The molecular formula is C12H18O2. The Labute approximate surface area is 85.3 Å². The predicted molar refractivity (Wildman–Crippen MR) is 54.8 cm³/mol. The molecule has 0 aromatic rings. The first kappa shape index (κ1) is 9.75. The number of hydrogen-bond donors (Lipinski definition) is 0. The molecule has 0 bridgehead atoms. The third-order valence-corrected chi connectivity index (χ3v) is 3.63. The van der Waals surface area contributed by atoms with E-state index in [0.29, 0.717) is 5.92 Å². The van der Waals surface area contributed by atoms with Gasteiger partial charge in [0.2, 0.25) is 0 Å². The average Bonchev–Trinajstić information content (AvgIpc) is 2.08. The lowest BCUT2D eigenvalue weighted by atomic mass is 9.72. The third kappa shape index (κ3) is 1.58. The molecule has 1 fully saturated rings. The van der Waals surface area contributed by atoms with Crippen LogP contribution >= 0.6 is 0 Å². The van der Waals surface area contributed by atoms with Crippen LogP contribution < -0.4 is 0 Å². The van der Waals surface area contributed by atoms with Crippen molar-refractivity contribution >= 4 is 5.97 Å². The molecule has 0 amide bonds. The topological polar surface area (TPSA) is 26.3 Å². The molecule has 2 rings (SSSR count). The number of carbonyl (C=O) groups excluding carboxylic acids is 1. The molecule has 0 N–H and O–H groups in total. The van der Waals surface area contributed by atoms with Crippen molar-refractivity contribution in [1.82, 2.24) is 0 Å². The fourth-order valence-electron chi connectivity index (χ4n) is 2.79. The molecule has 0 saturated heterocycles. The maximum Gasteiger partial charge on any atom is 0.331 e. The highest BCUT2D eigenvalue weighted by molar-refractivity contribution is 5.84. The summed E-state index contributed by atoms with van der Waals surface area (Å²) in [5.41, 5.74) is 1.02. The molecule has 14 heavy (non-hydrogen) atoms. The van der Waals surface area contributed by atoms with Gasteiger partial charge in [-0.1, -0.05) is 18.9 Å². The Balaban J connectivity index is 2.23. The Morgan fingerprint density at radius 3 is 2.93 bits per heavy atom. The first-order valence-electron chi connectivity index (χ1n) is 5.52. The Morgan fingerprint density at radius 1 is 1.50 bits per heavy atom. The van der Waals surface area contributed by atoms with E-state index in [2.05, 4.69) is 6.92 Å². The molecule has 1 saturated carbocycles. The van der Waals surface area contributed by atoms with E-state index in [1.165, 1.54) is 24.8 Å². The summed E-state index contributed by atoms with van der Waals surface area (Å²) in [4.78, 5) is 11.4. The van der Waals surface area contributed by atoms with Crippen molar-refractivity contribution in [1.29, 1.82) is 0 Å². The molecule has 78 valence electrons. The number of rotatable bonds is 0. The highest BCUT2D eigenvalue weighted by Gasteiger charge is 2.43. The van der Waals surface area contributed by atoms with Crippen LogP contribution in [0.1, 0.15) is 46.0 Å². The molecule has 1 spiro atoms. The maximum absolute atomic E-state index is 11.4. The molecule has 1 aliphatic carbocycles. The highest BCUT2D eigenvalue weighted by Crippen LogP contribution is 2.42. The minimum Gasteiger partial charge on any atom is -0.455 e. The lowest BCUT2D eigenvalue weighted by molar-refractivity contribution is -0.166. The minimum absolute atomic E-state index is 0.137. The smallest absolute Gasteiger partial charge is 0.331 e. The summed E-state index contributed by atoms with van der Waals surface area (Å²) < 4.78 is 5.58. The van der Waals surface area contributed by atoms with Gasteiger partial charge >= 0.3 is 5.97 Å². The number of ether oxygens (including phenoxy) is 1. The normalized spacial score (nSPS) is 38.0. The van der Waals surface area contributed by atoms with Crippen LogP contribution in [0.4, 0.5) is 0 Å². The molecule has 2 nitrogen and oxygen atoms in total. The number of hydrogen-bond acceptors (Lipinski definition) is 2. The molecule has 0 aromatic heterocycles. The summed E-state index contributed by atoms with van der Waals surface area (Å²) in [6.45, 7) is 4.24. The van der Waals surface area contributed by atoms with Crippen LogP contribution in [0.2, 0.25) is 0 Å². The second-order valence-corrected chi connectivity index (χ2v) is 4.80. The molecule has 2 heteroatoms. The SMILES string of the molecule is CC1=CC(=O)OC2(CCCCC2C)C1. The monoisotopic (exact) mass is 194 g/mol. The second-order valence-electron chi connectivity index (χ2n) is 4.80. The van der Waals surface area contributed by atoms with Crippen LogP contribution in [0, 0.1) is 5.92 Å². The van der Waals surface area contributed by atoms with Gasteiger partial charge in [0.25, 0.3) is 0 Å². The summed E-state index contributed by atoms with van der Waals surface area (Å²) >= 11 is 0. The van der Waals surface area contributed by atoms with Crippen LogP contribution in [0.5, 0.6) is 0 Å². The summed E-state index contributed by atoms with van der Waals surface area (Å²) in [5, 5.41) is 0. The Kier molecular flexibility index (Phi) is 2.38. The average molecular weight is 194 g/mol. The Morgan fingerprint density at radius 2 is 2.29 bits per heavy atom. The van der Waals surface area contributed by atoms with Gasteiger partial charge in [-0.2, -0.15) is 0 Å². The van der Waals surface area contributed by atoms with Crippen LogP contribution in [-0.2, 0) is 9.53 Å². The van der Waals surface area contributed by atoms with Crippen molar-refractivity contribution in [2.45, 2.75) is 51.6 Å². The van der Waals surface area contributed by atoms with E-state index in [-0.39, 0.29) is 11.6 Å². The molecule has 1 aliphatic heterocycles. The summed E-state index contributed by atoms with van der Waals surface area (Å²) in [6.07, 6.45) is 7.30. The van der Waals surface area contributed by atoms with Gasteiger partial charge in [0.15, 0.2) is 0 Å².